The van der Waals surface area contributed by atoms with Gasteiger partial charge >= 0.3 is 0 Å². The number of rotatable bonds is 1. The van der Waals surface area contributed by atoms with E-state index in [9.17, 15) is 4.79 Å². The zero-order valence-corrected chi connectivity index (χ0v) is 11.6. The maximum Gasteiger partial charge on any atom is 0.189 e. The number of Topliss-reactive ketones (excluding diaryl/α,β-unsaturated/α-hetero) is 1. The van der Waals surface area contributed by atoms with Crippen LogP contribution in [0.4, 0.5) is 5.69 Å². The molecule has 0 saturated carbocycles. The minimum atomic E-state index is 0.0821. The van der Waals surface area contributed by atoms with Gasteiger partial charge < -0.3 is 4.84 Å². The van der Waals surface area contributed by atoms with Gasteiger partial charge in [0, 0.05) is 3.57 Å². The summed E-state index contributed by atoms with van der Waals surface area (Å²) in [5.74, 6) is 0.703. The number of anilines is 1. The first-order chi connectivity index (χ1) is 8.74. The van der Waals surface area contributed by atoms with Crippen LogP contribution in [0.3, 0.4) is 0 Å². The van der Waals surface area contributed by atoms with Crippen LogP contribution < -0.4 is 9.90 Å². The Morgan fingerprint density at radius 3 is 2.67 bits per heavy atom. The lowest BCUT2D eigenvalue weighted by Crippen LogP contribution is -2.37. The van der Waals surface area contributed by atoms with Gasteiger partial charge in [0.15, 0.2) is 11.5 Å². The van der Waals surface area contributed by atoms with E-state index < -0.39 is 0 Å². The van der Waals surface area contributed by atoms with Crippen molar-refractivity contribution in [3.05, 3.63) is 57.7 Å². The maximum atomic E-state index is 12.1. The molecule has 0 N–H and O–H groups in total. The van der Waals surface area contributed by atoms with E-state index in [2.05, 4.69) is 22.6 Å². The average Bonchev–Trinajstić information content (AvgIpc) is 2.40. The van der Waals surface area contributed by atoms with Crippen LogP contribution in [0.5, 0.6) is 5.75 Å². The Labute approximate surface area is 118 Å². The number of halogens is 1. The molecule has 3 rings (SSSR count). The van der Waals surface area contributed by atoms with Crippen LogP contribution in [0, 0.1) is 3.57 Å². The summed E-state index contributed by atoms with van der Waals surface area (Å²) in [6.07, 6.45) is 0. The Bertz CT molecular complexity index is 598. The van der Waals surface area contributed by atoms with Crippen molar-refractivity contribution in [2.75, 3.05) is 11.6 Å². The number of ketones is 1. The summed E-state index contributed by atoms with van der Waals surface area (Å²) in [6.45, 7) is 0.247. The lowest BCUT2D eigenvalue weighted by molar-refractivity contribution is 0.0942. The minimum Gasteiger partial charge on any atom is -0.378 e. The molecule has 0 aliphatic carbocycles. The fourth-order valence-corrected chi connectivity index (χ4v) is 2.40. The highest BCUT2D eigenvalue weighted by Crippen LogP contribution is 2.29. The highest BCUT2D eigenvalue weighted by Gasteiger charge is 2.25. The van der Waals surface area contributed by atoms with Gasteiger partial charge in [0.05, 0.1) is 11.3 Å². The molecule has 0 atom stereocenters. The lowest BCUT2D eigenvalue weighted by Gasteiger charge is -2.29. The highest BCUT2D eigenvalue weighted by atomic mass is 127. The highest BCUT2D eigenvalue weighted by molar-refractivity contribution is 14.1. The minimum absolute atomic E-state index is 0.0821. The third-order valence-electron chi connectivity index (χ3n) is 2.78. The fourth-order valence-electron chi connectivity index (χ4n) is 1.90. The Morgan fingerprint density at radius 1 is 1.11 bits per heavy atom. The summed E-state index contributed by atoms with van der Waals surface area (Å²) < 4.78 is 1.04. The first kappa shape index (κ1) is 11.5. The van der Waals surface area contributed by atoms with Crippen molar-refractivity contribution in [3.8, 4) is 5.75 Å². The first-order valence-electron chi connectivity index (χ1n) is 5.57. The number of hydroxylamine groups is 1. The summed E-state index contributed by atoms with van der Waals surface area (Å²) >= 11 is 2.19. The predicted molar refractivity (Wildman–Crippen MR) is 77.9 cm³/mol. The van der Waals surface area contributed by atoms with Crippen LogP contribution in [-0.2, 0) is 0 Å². The van der Waals surface area contributed by atoms with E-state index in [1.165, 1.54) is 0 Å². The van der Waals surface area contributed by atoms with Crippen molar-refractivity contribution < 1.29 is 9.63 Å². The average molecular weight is 351 g/mol. The van der Waals surface area contributed by atoms with E-state index in [1.807, 2.05) is 48.5 Å². The zero-order chi connectivity index (χ0) is 12.5. The van der Waals surface area contributed by atoms with Crippen LogP contribution >= 0.6 is 22.6 Å². The molecule has 0 bridgehead atoms. The topological polar surface area (TPSA) is 29.5 Å². The third-order valence-corrected chi connectivity index (χ3v) is 3.45. The molecule has 1 heterocycles. The SMILES string of the molecule is O=C1CN(c2ccccc2)Oc2ccc(I)cc21. The zero-order valence-electron chi connectivity index (χ0n) is 9.47. The molecule has 0 saturated heterocycles. The second-order valence-corrected chi connectivity index (χ2v) is 5.27. The normalized spacial score (nSPS) is 14.1. The molecular formula is C14H10INO2. The number of carbonyl (C=O) groups is 1. The van der Waals surface area contributed by atoms with Gasteiger partial charge in [0.25, 0.3) is 0 Å². The lowest BCUT2D eigenvalue weighted by atomic mass is 10.1. The number of hydrogen-bond donors (Lipinski definition) is 0. The molecule has 4 heteroatoms. The Morgan fingerprint density at radius 2 is 1.89 bits per heavy atom. The van der Waals surface area contributed by atoms with E-state index in [0.29, 0.717) is 11.3 Å². The molecule has 0 unspecified atom stereocenters. The van der Waals surface area contributed by atoms with E-state index in [1.54, 1.807) is 5.06 Å². The van der Waals surface area contributed by atoms with Crippen molar-refractivity contribution in [3.63, 3.8) is 0 Å². The summed E-state index contributed by atoms with van der Waals surface area (Å²) in [6, 6.07) is 15.3. The van der Waals surface area contributed by atoms with Crippen LogP contribution in [0.25, 0.3) is 0 Å². The van der Waals surface area contributed by atoms with Gasteiger partial charge in [-0.1, -0.05) is 18.2 Å². The van der Waals surface area contributed by atoms with E-state index in [0.717, 1.165) is 9.26 Å². The Hall–Kier alpha value is -1.56. The standard InChI is InChI=1S/C14H10INO2/c15-10-6-7-14-12(8-10)13(17)9-16(18-14)11-4-2-1-3-5-11/h1-8H,9H2. The number of para-hydroxylation sites is 1. The van der Waals surface area contributed by atoms with Crippen LogP contribution in [-0.4, -0.2) is 12.3 Å². The molecule has 18 heavy (non-hydrogen) atoms. The van der Waals surface area contributed by atoms with Gasteiger partial charge in [-0.25, -0.2) is 5.06 Å². The molecule has 0 aromatic heterocycles. The second-order valence-electron chi connectivity index (χ2n) is 4.03. The monoisotopic (exact) mass is 351 g/mol. The van der Waals surface area contributed by atoms with Gasteiger partial charge in [-0.15, -0.1) is 0 Å². The second kappa shape index (κ2) is 4.61. The Balaban J connectivity index is 1.97. The molecule has 0 fully saturated rings. The third kappa shape index (κ3) is 2.08. The Kier molecular flexibility index (Phi) is 2.95. The number of nitrogens with zero attached hydrogens (tertiary/aromatic N) is 1. The predicted octanol–water partition coefficient (Wildman–Crippen LogP) is 3.29. The molecule has 0 spiro atoms. The number of hydrogen-bond acceptors (Lipinski definition) is 3. The molecule has 0 amide bonds. The van der Waals surface area contributed by atoms with Gasteiger partial charge in [-0.3, -0.25) is 4.79 Å². The number of benzene rings is 2. The number of carbonyl (C=O) groups excluding carboxylic acids is 1. The summed E-state index contributed by atoms with van der Waals surface area (Å²) in [7, 11) is 0. The largest absolute Gasteiger partial charge is 0.378 e. The van der Waals surface area contributed by atoms with Crippen LogP contribution in [0.1, 0.15) is 10.4 Å². The molecule has 2 aromatic carbocycles. The molecule has 0 radical (unpaired) electrons. The van der Waals surface area contributed by atoms with Gasteiger partial charge in [0.1, 0.15) is 6.54 Å². The van der Waals surface area contributed by atoms with E-state index in [4.69, 9.17) is 4.84 Å². The maximum absolute atomic E-state index is 12.1. The van der Waals surface area contributed by atoms with E-state index >= 15 is 0 Å². The van der Waals surface area contributed by atoms with Gasteiger partial charge in [-0.05, 0) is 52.9 Å². The van der Waals surface area contributed by atoms with Crippen LogP contribution in [0.2, 0.25) is 0 Å². The molecular weight excluding hydrogens is 341 g/mol. The summed E-state index contributed by atoms with van der Waals surface area (Å²) in [5.41, 5.74) is 1.55. The van der Waals surface area contributed by atoms with Crippen LogP contribution in [0.15, 0.2) is 48.5 Å². The van der Waals surface area contributed by atoms with E-state index in [-0.39, 0.29) is 12.3 Å². The smallest absolute Gasteiger partial charge is 0.189 e. The quantitative estimate of drug-likeness (QED) is 0.739. The molecule has 1 aliphatic rings. The summed E-state index contributed by atoms with van der Waals surface area (Å²) in [4.78, 5) is 17.8. The molecule has 2 aromatic rings. The molecule has 3 nitrogen and oxygen atoms in total. The molecule has 1 aliphatic heterocycles. The first-order valence-corrected chi connectivity index (χ1v) is 6.65. The van der Waals surface area contributed by atoms with Gasteiger partial charge in [0.2, 0.25) is 0 Å². The molecule has 90 valence electrons. The van der Waals surface area contributed by atoms with Crippen molar-refractivity contribution >= 4 is 34.1 Å². The van der Waals surface area contributed by atoms with Crippen molar-refractivity contribution in [2.24, 2.45) is 0 Å². The van der Waals surface area contributed by atoms with Crippen molar-refractivity contribution in [1.82, 2.24) is 0 Å². The van der Waals surface area contributed by atoms with Crippen molar-refractivity contribution in [1.29, 1.82) is 0 Å². The van der Waals surface area contributed by atoms with Gasteiger partial charge in [-0.2, -0.15) is 0 Å². The summed E-state index contributed by atoms with van der Waals surface area (Å²) in [5, 5.41) is 1.62. The number of fused-ring (bicyclic) bond motifs is 1. The van der Waals surface area contributed by atoms with Crippen molar-refractivity contribution in [2.45, 2.75) is 0 Å². The fraction of sp³-hybridized carbons (Fsp3) is 0.0714.